The molecule has 3 aliphatic rings. The van der Waals surface area contributed by atoms with Crippen LogP contribution in [0.4, 0.5) is 16.8 Å². The van der Waals surface area contributed by atoms with Gasteiger partial charge in [-0.1, -0.05) is 38.2 Å². The average molecular weight is 740 g/mol. The molecule has 2 aromatic heterocycles. The lowest BCUT2D eigenvalue weighted by molar-refractivity contribution is -0.121. The maximum atomic E-state index is 13.5. The van der Waals surface area contributed by atoms with Gasteiger partial charge in [-0.3, -0.25) is 19.4 Å². The Balaban J connectivity index is 1.16. The average Bonchev–Trinajstić information content (AvgIpc) is 3.77. The monoisotopic (exact) mass is 739 g/mol. The third-order valence-electron chi connectivity index (χ3n) is 10.6. The number of pyridine rings is 1. The van der Waals surface area contributed by atoms with Gasteiger partial charge in [0.1, 0.15) is 11.6 Å². The summed E-state index contributed by atoms with van der Waals surface area (Å²) in [5.41, 5.74) is 2.37. The van der Waals surface area contributed by atoms with Crippen LogP contribution >= 0.6 is 11.3 Å². The maximum absolute atomic E-state index is 13.5. The van der Waals surface area contributed by atoms with Crippen LogP contribution in [0.2, 0.25) is 18.1 Å². The lowest BCUT2D eigenvalue weighted by Crippen LogP contribution is -2.52. The number of piperazine rings is 1. The standard InChI is InChI=1S/C35H49N7O5S2Si/c1-22-32(25-18-26-20-42(23(2)24-12-13-24)33(44)31(26)27(19-25)49(45,46)36-6)48-34(37-22)39-28-10-9-11-29(38-28)41-15-14-40(21-30(41)43)16-17-47-50(7,8)35(3,4)5/h9-11,18-19,23-24,36H,12-17,20-21H2,1-8H3,(H,37,38,39)/t23-/m0/s1. The number of aromatic nitrogens is 2. The number of aryl methyl sites for hydroxylation is 1. The molecule has 50 heavy (non-hydrogen) atoms. The first kappa shape index (κ1) is 36.6. The second kappa shape index (κ2) is 13.7. The van der Waals surface area contributed by atoms with Gasteiger partial charge in [-0.05, 0) is 93.2 Å². The summed E-state index contributed by atoms with van der Waals surface area (Å²) in [5.74, 6) is 1.34. The molecule has 1 atom stereocenters. The second-order valence-electron chi connectivity index (χ2n) is 15.1. The molecule has 2 N–H and O–H groups in total. The Hall–Kier alpha value is -3.21. The Labute approximate surface area is 300 Å². The molecule has 1 saturated heterocycles. The lowest BCUT2D eigenvalue weighted by atomic mass is 10.0. The van der Waals surface area contributed by atoms with Crippen molar-refractivity contribution in [2.45, 2.75) is 83.1 Å². The van der Waals surface area contributed by atoms with E-state index in [-0.39, 0.29) is 33.4 Å². The SMILES string of the molecule is CNS(=O)(=O)c1cc(-c2sc(Nc3cccc(N4CCN(CCO[Si](C)(C)C(C)(C)C)CC4=O)n3)nc2C)cc2c1C(=O)N([C@@H](C)C1CC1)C2. The molecule has 0 radical (unpaired) electrons. The fraction of sp³-hybridized carbons (Fsp3) is 0.543. The zero-order valence-corrected chi connectivity index (χ0v) is 32.9. The van der Waals surface area contributed by atoms with Crippen LogP contribution in [0.5, 0.6) is 0 Å². The van der Waals surface area contributed by atoms with Gasteiger partial charge in [0.25, 0.3) is 5.91 Å². The highest BCUT2D eigenvalue weighted by molar-refractivity contribution is 7.89. The minimum atomic E-state index is -3.91. The Bertz CT molecular complexity index is 1900. The van der Waals surface area contributed by atoms with E-state index in [9.17, 15) is 18.0 Å². The summed E-state index contributed by atoms with van der Waals surface area (Å²) >= 11 is 1.38. The first-order valence-corrected chi connectivity index (χ1v) is 22.5. The molecule has 1 aliphatic carbocycles. The molecule has 0 unspecified atom stereocenters. The van der Waals surface area contributed by atoms with E-state index < -0.39 is 18.3 Å². The number of carbonyl (C=O) groups excluding carboxylic acids is 2. The molecule has 12 nitrogen and oxygen atoms in total. The second-order valence-corrected chi connectivity index (χ2v) is 22.8. The van der Waals surface area contributed by atoms with Gasteiger partial charge in [0, 0.05) is 38.8 Å². The largest absolute Gasteiger partial charge is 0.416 e. The first-order valence-electron chi connectivity index (χ1n) is 17.3. The zero-order chi connectivity index (χ0) is 36.2. The first-order chi connectivity index (χ1) is 23.5. The van der Waals surface area contributed by atoms with Crippen molar-refractivity contribution < 1.29 is 22.4 Å². The predicted molar refractivity (Wildman–Crippen MR) is 200 cm³/mol. The fourth-order valence-corrected chi connectivity index (χ4v) is 9.31. The van der Waals surface area contributed by atoms with E-state index in [0.29, 0.717) is 66.6 Å². The molecule has 15 heteroatoms. The molecule has 2 fully saturated rings. The van der Waals surface area contributed by atoms with Crippen molar-refractivity contribution in [3.8, 4) is 10.4 Å². The molecule has 270 valence electrons. The van der Waals surface area contributed by atoms with E-state index >= 15 is 0 Å². The van der Waals surface area contributed by atoms with Crippen molar-refractivity contribution >= 4 is 58.3 Å². The number of carbonyl (C=O) groups is 2. The number of hydrogen-bond acceptors (Lipinski definition) is 10. The van der Waals surface area contributed by atoms with Gasteiger partial charge in [-0.15, -0.1) is 0 Å². The molecular formula is C35H49N7O5S2Si. The Morgan fingerprint density at radius 1 is 1.10 bits per heavy atom. The smallest absolute Gasteiger partial charge is 0.256 e. The number of hydrogen-bond donors (Lipinski definition) is 2. The van der Waals surface area contributed by atoms with Crippen LogP contribution in [0.15, 0.2) is 35.2 Å². The molecule has 4 heterocycles. The van der Waals surface area contributed by atoms with Crippen molar-refractivity contribution in [1.82, 2.24) is 24.5 Å². The van der Waals surface area contributed by atoms with Crippen LogP contribution in [0, 0.1) is 12.8 Å². The van der Waals surface area contributed by atoms with Crippen LogP contribution in [-0.4, -0.2) is 94.2 Å². The van der Waals surface area contributed by atoms with E-state index in [1.807, 2.05) is 38.1 Å². The highest BCUT2D eigenvalue weighted by Gasteiger charge is 2.41. The lowest BCUT2D eigenvalue weighted by Gasteiger charge is -2.38. The number of thiazole rings is 1. The highest BCUT2D eigenvalue weighted by atomic mass is 32.2. The van der Waals surface area contributed by atoms with Gasteiger partial charge < -0.3 is 14.6 Å². The molecular weight excluding hydrogens is 691 g/mol. The number of nitrogens with zero attached hydrogens (tertiary/aromatic N) is 5. The summed E-state index contributed by atoms with van der Waals surface area (Å²) in [5, 5.41) is 4.02. The summed E-state index contributed by atoms with van der Waals surface area (Å²) in [6.07, 6.45) is 2.17. The third kappa shape index (κ3) is 7.39. The summed E-state index contributed by atoms with van der Waals surface area (Å²) in [4.78, 5) is 42.7. The van der Waals surface area contributed by atoms with Crippen molar-refractivity contribution in [2.75, 3.05) is 50.1 Å². The Morgan fingerprint density at radius 3 is 2.50 bits per heavy atom. The highest BCUT2D eigenvalue weighted by Crippen LogP contribution is 2.42. The molecule has 1 saturated carbocycles. The minimum Gasteiger partial charge on any atom is -0.416 e. The fourth-order valence-electron chi connectivity index (χ4n) is 6.33. The van der Waals surface area contributed by atoms with E-state index in [4.69, 9.17) is 14.4 Å². The summed E-state index contributed by atoms with van der Waals surface area (Å²) in [6.45, 7) is 18.4. The van der Waals surface area contributed by atoms with Gasteiger partial charge in [0.2, 0.25) is 15.9 Å². The Morgan fingerprint density at radius 2 is 1.84 bits per heavy atom. The maximum Gasteiger partial charge on any atom is 0.256 e. The molecule has 3 aromatic rings. The van der Waals surface area contributed by atoms with Crippen molar-refractivity contribution in [1.29, 1.82) is 0 Å². The normalized spacial score (nSPS) is 18.2. The molecule has 6 rings (SSSR count). The minimum absolute atomic E-state index is 0.00638. The number of amides is 2. The van der Waals surface area contributed by atoms with Gasteiger partial charge in [-0.2, -0.15) is 0 Å². The van der Waals surface area contributed by atoms with Crippen LogP contribution in [0.25, 0.3) is 10.4 Å². The number of nitrogens with one attached hydrogen (secondary N) is 2. The number of rotatable bonds is 12. The molecule has 2 aliphatic heterocycles. The summed E-state index contributed by atoms with van der Waals surface area (Å²) in [7, 11) is -4.40. The molecule has 0 bridgehead atoms. The Kier molecular flexibility index (Phi) is 10.0. The quantitative estimate of drug-likeness (QED) is 0.228. The van der Waals surface area contributed by atoms with E-state index in [0.717, 1.165) is 30.0 Å². The van der Waals surface area contributed by atoms with Gasteiger partial charge in [0.05, 0.1) is 27.6 Å². The van der Waals surface area contributed by atoms with Crippen LogP contribution in [0.1, 0.15) is 62.2 Å². The third-order valence-corrected chi connectivity index (χ3v) is 17.7. The molecule has 2 amide bonds. The van der Waals surface area contributed by atoms with Crippen molar-refractivity contribution in [2.24, 2.45) is 5.92 Å². The topological polar surface area (TPSA) is 137 Å². The number of sulfonamides is 1. The zero-order valence-electron chi connectivity index (χ0n) is 30.3. The van der Waals surface area contributed by atoms with E-state index in [1.165, 1.54) is 18.4 Å². The number of fused-ring (bicyclic) bond motifs is 1. The number of anilines is 3. The van der Waals surface area contributed by atoms with E-state index in [2.05, 4.69) is 48.8 Å². The van der Waals surface area contributed by atoms with E-state index in [1.54, 1.807) is 15.9 Å². The van der Waals surface area contributed by atoms with Crippen molar-refractivity contribution in [3.63, 3.8) is 0 Å². The van der Waals surface area contributed by atoms with Gasteiger partial charge >= 0.3 is 0 Å². The van der Waals surface area contributed by atoms with Crippen LogP contribution in [0.3, 0.4) is 0 Å². The van der Waals surface area contributed by atoms with Crippen LogP contribution < -0.4 is 14.9 Å². The number of benzene rings is 1. The summed E-state index contributed by atoms with van der Waals surface area (Å²) in [6, 6.07) is 9.09. The van der Waals surface area contributed by atoms with Gasteiger partial charge in [-0.25, -0.2) is 23.1 Å². The molecule has 0 spiro atoms. The predicted octanol–water partition coefficient (Wildman–Crippen LogP) is 5.59. The van der Waals surface area contributed by atoms with Crippen molar-refractivity contribution in [3.05, 3.63) is 47.2 Å². The molecule has 1 aromatic carbocycles. The van der Waals surface area contributed by atoms with Gasteiger partial charge in [0.15, 0.2) is 13.4 Å². The van der Waals surface area contributed by atoms with Crippen LogP contribution in [-0.2, 0) is 25.8 Å². The summed E-state index contributed by atoms with van der Waals surface area (Å²) < 4.78 is 35.2.